The first-order valence-electron chi connectivity index (χ1n) is 7.74. The van der Waals surface area contributed by atoms with Crippen molar-refractivity contribution in [3.63, 3.8) is 0 Å². The second kappa shape index (κ2) is 8.41. The zero-order chi connectivity index (χ0) is 16.3. The van der Waals surface area contributed by atoms with Gasteiger partial charge >= 0.3 is 0 Å². The zero-order valence-corrected chi connectivity index (χ0v) is 14.3. The molecule has 6 heteroatoms. The van der Waals surface area contributed by atoms with E-state index in [2.05, 4.69) is 0 Å². The third-order valence-electron chi connectivity index (χ3n) is 4.31. The normalized spacial score (nSPS) is 16.8. The van der Waals surface area contributed by atoms with Crippen LogP contribution in [0.2, 0.25) is 0 Å². The molecule has 0 aliphatic carbocycles. The van der Waals surface area contributed by atoms with Gasteiger partial charge in [0.25, 0.3) is 0 Å². The maximum atomic E-state index is 12.9. The molecule has 0 aromatic heterocycles. The first-order chi connectivity index (χ1) is 10.4. The number of hydrogen-bond donors (Lipinski definition) is 1. The zero-order valence-electron chi connectivity index (χ0n) is 13.5. The third kappa shape index (κ3) is 4.75. The Kier molecular flexibility index (Phi) is 7.16. The van der Waals surface area contributed by atoms with E-state index in [1.807, 2.05) is 13.8 Å². The number of nitrogens with zero attached hydrogens (tertiary/aromatic N) is 1. The van der Waals surface area contributed by atoms with Crippen molar-refractivity contribution in [2.45, 2.75) is 32.7 Å². The fourth-order valence-electron chi connectivity index (χ4n) is 2.71. The molecule has 4 nitrogen and oxygen atoms in total. The summed E-state index contributed by atoms with van der Waals surface area (Å²) in [6.07, 6.45) is 1.26. The van der Waals surface area contributed by atoms with E-state index in [1.165, 1.54) is 24.3 Å². The van der Waals surface area contributed by atoms with E-state index in [0.29, 0.717) is 31.5 Å². The van der Waals surface area contributed by atoms with Crippen LogP contribution in [0, 0.1) is 17.7 Å². The van der Waals surface area contributed by atoms with Gasteiger partial charge in [-0.2, -0.15) is 0 Å². The van der Waals surface area contributed by atoms with Crippen LogP contribution in [0.4, 0.5) is 4.39 Å². The average Bonchev–Trinajstić information content (AvgIpc) is 2.53. The highest BCUT2D eigenvalue weighted by molar-refractivity contribution is 5.98. The minimum atomic E-state index is -0.482. The van der Waals surface area contributed by atoms with Crippen molar-refractivity contribution in [3.8, 4) is 0 Å². The summed E-state index contributed by atoms with van der Waals surface area (Å²) in [5.74, 6) is -0.363. The van der Waals surface area contributed by atoms with E-state index in [4.69, 9.17) is 5.73 Å². The van der Waals surface area contributed by atoms with Crippen LogP contribution in [0.5, 0.6) is 0 Å². The molecule has 0 unspecified atom stereocenters. The van der Waals surface area contributed by atoms with Crippen LogP contribution < -0.4 is 5.73 Å². The molecule has 1 atom stereocenters. The van der Waals surface area contributed by atoms with Crippen LogP contribution in [0.25, 0.3) is 0 Å². The van der Waals surface area contributed by atoms with Gasteiger partial charge in [-0.05, 0) is 43.0 Å². The molecule has 0 radical (unpaired) electrons. The van der Waals surface area contributed by atoms with Gasteiger partial charge in [0.15, 0.2) is 5.78 Å². The second-order valence-electron chi connectivity index (χ2n) is 6.24. The van der Waals surface area contributed by atoms with Gasteiger partial charge < -0.3 is 10.6 Å². The Labute approximate surface area is 142 Å². The van der Waals surface area contributed by atoms with Crippen LogP contribution in [0.3, 0.4) is 0 Å². The average molecular weight is 343 g/mol. The molecule has 2 N–H and O–H groups in total. The van der Waals surface area contributed by atoms with E-state index < -0.39 is 6.04 Å². The Morgan fingerprint density at radius 1 is 1.17 bits per heavy atom. The molecule has 1 aliphatic rings. The lowest BCUT2D eigenvalue weighted by Crippen LogP contribution is -2.49. The number of halogens is 2. The number of carbonyl (C=O) groups is 2. The standard InChI is InChI=1S/C17H23FN2O2.ClH/c1-11(2)15(19)17(22)20-9-7-13(8-10-20)16(21)12-3-5-14(18)6-4-12;/h3-6,11,13,15H,7-10,19H2,1-2H3;1H/t15-;/m0./s1. The molecule has 1 aromatic carbocycles. The van der Waals surface area contributed by atoms with Crippen molar-refractivity contribution in [2.75, 3.05) is 13.1 Å². The van der Waals surface area contributed by atoms with Gasteiger partial charge in [0.2, 0.25) is 5.91 Å². The Morgan fingerprint density at radius 2 is 1.70 bits per heavy atom. The van der Waals surface area contributed by atoms with Gasteiger partial charge in [0.05, 0.1) is 6.04 Å². The topological polar surface area (TPSA) is 63.4 Å². The summed E-state index contributed by atoms with van der Waals surface area (Å²) < 4.78 is 12.9. The molecule has 23 heavy (non-hydrogen) atoms. The number of piperidine rings is 1. The van der Waals surface area contributed by atoms with E-state index in [9.17, 15) is 14.0 Å². The summed E-state index contributed by atoms with van der Waals surface area (Å²) in [7, 11) is 0. The Hall–Kier alpha value is -1.46. The fraction of sp³-hybridized carbons (Fsp3) is 0.529. The van der Waals surface area contributed by atoms with Gasteiger partial charge in [-0.1, -0.05) is 13.8 Å². The number of hydrogen-bond acceptors (Lipinski definition) is 3. The molecular formula is C17H24ClFN2O2. The predicted octanol–water partition coefficient (Wildman–Crippen LogP) is 2.65. The van der Waals surface area contributed by atoms with Crippen LogP contribution in [0.15, 0.2) is 24.3 Å². The molecule has 1 saturated heterocycles. The van der Waals surface area contributed by atoms with Gasteiger partial charge in [-0.25, -0.2) is 4.39 Å². The summed E-state index contributed by atoms with van der Waals surface area (Å²) in [6, 6.07) is 5.15. The summed E-state index contributed by atoms with van der Waals surface area (Å²) in [5, 5.41) is 0. The summed E-state index contributed by atoms with van der Waals surface area (Å²) in [6.45, 7) is 4.95. The molecule has 0 spiro atoms. The highest BCUT2D eigenvalue weighted by Gasteiger charge is 2.30. The Bertz CT molecular complexity index is 540. The van der Waals surface area contributed by atoms with Crippen molar-refractivity contribution in [1.82, 2.24) is 4.90 Å². The van der Waals surface area contributed by atoms with E-state index in [0.717, 1.165) is 0 Å². The summed E-state index contributed by atoms with van der Waals surface area (Å²) in [4.78, 5) is 26.3. The number of carbonyl (C=O) groups excluding carboxylic acids is 2. The SMILES string of the molecule is CC(C)[C@H](N)C(=O)N1CCC(C(=O)c2ccc(F)cc2)CC1.Cl. The van der Waals surface area contributed by atoms with E-state index in [-0.39, 0.29) is 41.8 Å². The monoisotopic (exact) mass is 342 g/mol. The minimum Gasteiger partial charge on any atom is -0.341 e. The number of amides is 1. The molecule has 1 fully saturated rings. The number of ketones is 1. The number of nitrogens with two attached hydrogens (primary N) is 1. The predicted molar refractivity (Wildman–Crippen MR) is 90.1 cm³/mol. The van der Waals surface area contributed by atoms with Crippen molar-refractivity contribution in [3.05, 3.63) is 35.6 Å². The highest BCUT2D eigenvalue weighted by Crippen LogP contribution is 2.22. The van der Waals surface area contributed by atoms with Crippen molar-refractivity contribution in [1.29, 1.82) is 0 Å². The molecule has 2 rings (SSSR count). The molecule has 1 aromatic rings. The number of Topliss-reactive ketones (excluding diaryl/α,β-unsaturated/α-hetero) is 1. The lowest BCUT2D eigenvalue weighted by atomic mass is 9.88. The smallest absolute Gasteiger partial charge is 0.239 e. The molecule has 1 aliphatic heterocycles. The molecule has 128 valence electrons. The van der Waals surface area contributed by atoms with Gasteiger partial charge in [0.1, 0.15) is 5.82 Å². The maximum Gasteiger partial charge on any atom is 0.239 e. The van der Waals surface area contributed by atoms with Gasteiger partial charge in [-0.3, -0.25) is 9.59 Å². The van der Waals surface area contributed by atoms with Crippen molar-refractivity contribution in [2.24, 2.45) is 17.6 Å². The first kappa shape index (κ1) is 19.6. The Morgan fingerprint density at radius 3 is 2.17 bits per heavy atom. The molecule has 1 heterocycles. The fourth-order valence-corrected chi connectivity index (χ4v) is 2.71. The second-order valence-corrected chi connectivity index (χ2v) is 6.24. The minimum absolute atomic E-state index is 0. The van der Waals surface area contributed by atoms with Gasteiger partial charge in [0, 0.05) is 24.6 Å². The first-order valence-corrected chi connectivity index (χ1v) is 7.74. The van der Waals surface area contributed by atoms with E-state index >= 15 is 0 Å². The maximum absolute atomic E-state index is 12.9. The van der Waals surface area contributed by atoms with Crippen molar-refractivity contribution >= 4 is 24.1 Å². The molecule has 0 saturated carbocycles. The van der Waals surface area contributed by atoms with Crippen LogP contribution in [-0.2, 0) is 4.79 Å². The Balaban J connectivity index is 0.00000264. The van der Waals surface area contributed by atoms with Gasteiger partial charge in [-0.15, -0.1) is 12.4 Å². The number of benzene rings is 1. The van der Waals surface area contributed by atoms with Crippen molar-refractivity contribution < 1.29 is 14.0 Å². The number of likely N-dealkylation sites (tertiary alicyclic amines) is 1. The van der Waals surface area contributed by atoms with Crippen LogP contribution >= 0.6 is 12.4 Å². The third-order valence-corrected chi connectivity index (χ3v) is 4.31. The van der Waals surface area contributed by atoms with Crippen LogP contribution in [-0.4, -0.2) is 35.7 Å². The molecular weight excluding hydrogens is 319 g/mol. The largest absolute Gasteiger partial charge is 0.341 e. The molecule has 0 bridgehead atoms. The van der Waals surface area contributed by atoms with E-state index in [1.54, 1.807) is 4.90 Å². The van der Waals surface area contributed by atoms with Crippen LogP contribution in [0.1, 0.15) is 37.0 Å². The highest BCUT2D eigenvalue weighted by atomic mass is 35.5. The molecule has 1 amide bonds. The quantitative estimate of drug-likeness (QED) is 0.855. The lowest BCUT2D eigenvalue weighted by Gasteiger charge is -2.33. The number of rotatable bonds is 4. The lowest BCUT2D eigenvalue weighted by molar-refractivity contribution is -0.134. The summed E-state index contributed by atoms with van der Waals surface area (Å²) >= 11 is 0. The summed E-state index contributed by atoms with van der Waals surface area (Å²) in [5.41, 5.74) is 6.43.